The summed E-state index contributed by atoms with van der Waals surface area (Å²) in [4.78, 5) is 12.3. The molecule has 120 valence electrons. The summed E-state index contributed by atoms with van der Waals surface area (Å²) in [6.45, 7) is 0.983. The Morgan fingerprint density at radius 2 is 2.09 bits per heavy atom. The molecule has 0 aliphatic carbocycles. The Hall–Kier alpha value is -1.80. The molecule has 1 aromatic rings. The van der Waals surface area contributed by atoms with Crippen LogP contribution in [-0.4, -0.2) is 50.8 Å². The molecule has 8 heteroatoms. The molecule has 1 atom stereocenters. The summed E-state index contributed by atoms with van der Waals surface area (Å²) in [5, 5.41) is 2.89. The summed E-state index contributed by atoms with van der Waals surface area (Å²) in [5.74, 6) is 0.935. The minimum Gasteiger partial charge on any atom is -0.454 e. The zero-order valence-electron chi connectivity index (χ0n) is 12.2. The number of ether oxygens (including phenoxy) is 2. The number of carbonyl (C=O) groups excluding carboxylic acids is 1. The number of carbonyl (C=O) groups is 1. The molecule has 0 radical (unpaired) electrons. The maximum absolute atomic E-state index is 12.3. The van der Waals surface area contributed by atoms with Gasteiger partial charge < -0.3 is 14.8 Å². The normalized spacial score (nSPS) is 21.6. The van der Waals surface area contributed by atoms with E-state index >= 15 is 0 Å². The van der Waals surface area contributed by atoms with Crippen molar-refractivity contribution in [3.8, 4) is 11.5 Å². The van der Waals surface area contributed by atoms with Gasteiger partial charge in [0.05, 0.1) is 6.26 Å². The number of sulfonamides is 1. The van der Waals surface area contributed by atoms with Crippen molar-refractivity contribution in [2.75, 3.05) is 26.1 Å². The number of piperidine rings is 1. The number of rotatable bonds is 3. The van der Waals surface area contributed by atoms with Gasteiger partial charge in [-0.1, -0.05) is 0 Å². The number of hydrogen-bond acceptors (Lipinski definition) is 5. The van der Waals surface area contributed by atoms with Crippen LogP contribution in [0, 0.1) is 0 Å². The molecule has 7 nitrogen and oxygen atoms in total. The first kappa shape index (κ1) is 15.1. The third-order valence-corrected chi connectivity index (χ3v) is 5.09. The Balaban J connectivity index is 1.66. The molecule has 1 aromatic carbocycles. The highest BCUT2D eigenvalue weighted by molar-refractivity contribution is 7.88. The molecule has 0 spiro atoms. The molecule has 2 aliphatic rings. The molecule has 2 aliphatic heterocycles. The van der Waals surface area contributed by atoms with Gasteiger partial charge in [-0.25, -0.2) is 12.7 Å². The number of fused-ring (bicyclic) bond motifs is 1. The van der Waals surface area contributed by atoms with Gasteiger partial charge >= 0.3 is 0 Å². The number of nitrogens with zero attached hydrogens (tertiary/aromatic N) is 1. The number of hydrogen-bond donors (Lipinski definition) is 1. The van der Waals surface area contributed by atoms with Crippen LogP contribution in [0.15, 0.2) is 18.2 Å². The summed E-state index contributed by atoms with van der Waals surface area (Å²) >= 11 is 0. The summed E-state index contributed by atoms with van der Waals surface area (Å²) < 4.78 is 35.1. The highest BCUT2D eigenvalue weighted by Gasteiger charge is 2.27. The highest BCUT2D eigenvalue weighted by Crippen LogP contribution is 2.32. The standard InChI is InChI=1S/C14H18N2O5S/c1-22(18,19)16-6-2-3-11(8-16)15-14(17)10-4-5-12-13(7-10)21-9-20-12/h4-5,7,11H,2-3,6,8-9H2,1H3,(H,15,17). The van der Waals surface area contributed by atoms with Gasteiger partial charge in [0.1, 0.15) is 0 Å². The maximum Gasteiger partial charge on any atom is 0.251 e. The molecule has 0 aromatic heterocycles. The minimum absolute atomic E-state index is 0.159. The van der Waals surface area contributed by atoms with Crippen LogP contribution in [0.1, 0.15) is 23.2 Å². The Morgan fingerprint density at radius 1 is 1.32 bits per heavy atom. The second kappa shape index (κ2) is 5.77. The number of benzene rings is 1. The molecule has 1 amide bonds. The predicted molar refractivity (Wildman–Crippen MR) is 79.5 cm³/mol. The quantitative estimate of drug-likeness (QED) is 0.878. The van der Waals surface area contributed by atoms with Crippen molar-refractivity contribution in [3.05, 3.63) is 23.8 Å². The lowest BCUT2D eigenvalue weighted by molar-refractivity contribution is 0.0921. The Labute approximate surface area is 129 Å². The Bertz CT molecular complexity index is 688. The van der Waals surface area contributed by atoms with E-state index in [1.54, 1.807) is 18.2 Å². The average Bonchev–Trinajstić information content (AvgIpc) is 2.94. The first-order chi connectivity index (χ1) is 10.4. The summed E-state index contributed by atoms with van der Waals surface area (Å²) in [6, 6.07) is 4.82. The predicted octanol–water partition coefficient (Wildman–Crippen LogP) is 0.569. The molecule has 0 bridgehead atoms. The SMILES string of the molecule is CS(=O)(=O)N1CCCC(NC(=O)c2ccc3c(c2)OCO3)C1. The van der Waals surface area contributed by atoms with Crippen LogP contribution >= 0.6 is 0 Å². The third-order valence-electron chi connectivity index (χ3n) is 3.82. The van der Waals surface area contributed by atoms with Crippen LogP contribution in [0.25, 0.3) is 0 Å². The highest BCUT2D eigenvalue weighted by atomic mass is 32.2. The second-order valence-electron chi connectivity index (χ2n) is 5.50. The number of amides is 1. The van der Waals surface area contributed by atoms with Crippen molar-refractivity contribution in [2.45, 2.75) is 18.9 Å². The topological polar surface area (TPSA) is 84.9 Å². The van der Waals surface area contributed by atoms with Gasteiger partial charge in [-0.15, -0.1) is 0 Å². The van der Waals surface area contributed by atoms with E-state index in [0.717, 1.165) is 12.8 Å². The number of nitrogens with one attached hydrogen (secondary N) is 1. The van der Waals surface area contributed by atoms with Crippen LogP contribution in [0.5, 0.6) is 11.5 Å². The molecule has 1 N–H and O–H groups in total. The van der Waals surface area contributed by atoms with Crippen LogP contribution in [0.2, 0.25) is 0 Å². The van der Waals surface area contributed by atoms with E-state index in [-0.39, 0.29) is 18.7 Å². The molecule has 1 saturated heterocycles. The summed E-state index contributed by atoms with van der Waals surface area (Å²) in [7, 11) is -3.22. The molecule has 1 fully saturated rings. The van der Waals surface area contributed by atoms with Gasteiger partial charge in [0.2, 0.25) is 16.8 Å². The van der Waals surface area contributed by atoms with Gasteiger partial charge in [0.15, 0.2) is 11.5 Å². The average molecular weight is 326 g/mol. The van der Waals surface area contributed by atoms with E-state index in [1.165, 1.54) is 10.6 Å². The van der Waals surface area contributed by atoms with Crippen molar-refractivity contribution in [2.24, 2.45) is 0 Å². The van der Waals surface area contributed by atoms with Crippen LogP contribution < -0.4 is 14.8 Å². The minimum atomic E-state index is -3.22. The molecule has 22 heavy (non-hydrogen) atoms. The zero-order valence-corrected chi connectivity index (χ0v) is 13.1. The lowest BCUT2D eigenvalue weighted by Crippen LogP contribution is -2.49. The summed E-state index contributed by atoms with van der Waals surface area (Å²) in [6.07, 6.45) is 2.69. The van der Waals surface area contributed by atoms with E-state index in [2.05, 4.69) is 5.32 Å². The first-order valence-electron chi connectivity index (χ1n) is 7.09. The van der Waals surface area contributed by atoms with Crippen molar-refractivity contribution in [1.82, 2.24) is 9.62 Å². The van der Waals surface area contributed by atoms with Crippen molar-refractivity contribution in [3.63, 3.8) is 0 Å². The summed E-state index contributed by atoms with van der Waals surface area (Å²) in [5.41, 5.74) is 0.473. The fraction of sp³-hybridized carbons (Fsp3) is 0.500. The maximum atomic E-state index is 12.3. The van der Waals surface area contributed by atoms with Crippen molar-refractivity contribution >= 4 is 15.9 Å². The van der Waals surface area contributed by atoms with E-state index in [4.69, 9.17) is 9.47 Å². The van der Waals surface area contributed by atoms with Crippen LogP contribution in [-0.2, 0) is 10.0 Å². The molecule has 1 unspecified atom stereocenters. The van der Waals surface area contributed by atoms with Gasteiger partial charge in [-0.05, 0) is 31.0 Å². The van der Waals surface area contributed by atoms with Gasteiger partial charge in [-0.2, -0.15) is 0 Å². The van der Waals surface area contributed by atoms with Gasteiger partial charge in [-0.3, -0.25) is 4.79 Å². The molecule has 3 rings (SSSR count). The van der Waals surface area contributed by atoms with Crippen LogP contribution in [0.3, 0.4) is 0 Å². The largest absolute Gasteiger partial charge is 0.454 e. The molecule has 0 saturated carbocycles. The smallest absolute Gasteiger partial charge is 0.251 e. The van der Waals surface area contributed by atoms with Crippen LogP contribution in [0.4, 0.5) is 0 Å². The lowest BCUT2D eigenvalue weighted by atomic mass is 10.1. The van der Waals surface area contributed by atoms with E-state index in [1.807, 2.05) is 0 Å². The van der Waals surface area contributed by atoms with E-state index in [0.29, 0.717) is 30.2 Å². The van der Waals surface area contributed by atoms with E-state index in [9.17, 15) is 13.2 Å². The monoisotopic (exact) mass is 326 g/mol. The van der Waals surface area contributed by atoms with Gasteiger partial charge in [0.25, 0.3) is 5.91 Å². The van der Waals surface area contributed by atoms with Crippen molar-refractivity contribution < 1.29 is 22.7 Å². The molecular weight excluding hydrogens is 308 g/mol. The van der Waals surface area contributed by atoms with Crippen molar-refractivity contribution in [1.29, 1.82) is 0 Å². The Kier molecular flexibility index (Phi) is 3.96. The Morgan fingerprint density at radius 3 is 2.86 bits per heavy atom. The first-order valence-corrected chi connectivity index (χ1v) is 8.94. The van der Waals surface area contributed by atoms with Gasteiger partial charge in [0, 0.05) is 24.7 Å². The second-order valence-corrected chi connectivity index (χ2v) is 7.48. The zero-order chi connectivity index (χ0) is 15.7. The third kappa shape index (κ3) is 3.17. The fourth-order valence-electron chi connectivity index (χ4n) is 2.67. The molecular formula is C14H18N2O5S. The van der Waals surface area contributed by atoms with E-state index < -0.39 is 10.0 Å². The fourth-order valence-corrected chi connectivity index (χ4v) is 3.58. The lowest BCUT2D eigenvalue weighted by Gasteiger charge is -2.31. The molecule has 2 heterocycles.